The van der Waals surface area contributed by atoms with Crippen LogP contribution in [0.2, 0.25) is 0 Å². The first kappa shape index (κ1) is 16.8. The van der Waals surface area contributed by atoms with Crippen molar-refractivity contribution in [3.05, 3.63) is 23.8 Å². The molecule has 0 bridgehead atoms. The van der Waals surface area contributed by atoms with Crippen molar-refractivity contribution in [1.82, 2.24) is 0 Å². The van der Waals surface area contributed by atoms with Crippen molar-refractivity contribution in [2.45, 2.75) is 76.7 Å². The Balaban J connectivity index is 1.48. The highest BCUT2D eigenvalue weighted by molar-refractivity contribution is 5.91. The lowest BCUT2D eigenvalue weighted by Gasteiger charge is -2.57. The molecule has 0 amide bonds. The number of ether oxygens (including phenoxy) is 1. The van der Waals surface area contributed by atoms with Crippen LogP contribution in [0.4, 0.5) is 0 Å². The quantitative estimate of drug-likeness (QED) is 0.465. The number of carbonyl (C=O) groups excluding carboxylic acids is 2. The molecule has 5 aliphatic rings. The largest absolute Gasteiger partial charge is 0.454 e. The van der Waals surface area contributed by atoms with Crippen molar-refractivity contribution in [2.24, 2.45) is 29.1 Å². The summed E-state index contributed by atoms with van der Waals surface area (Å²) < 4.78 is 6.13. The highest BCUT2D eigenvalue weighted by Crippen LogP contribution is 2.68. The van der Waals surface area contributed by atoms with Gasteiger partial charge in [-0.05, 0) is 86.7 Å². The molecule has 0 aromatic carbocycles. The lowest BCUT2D eigenvalue weighted by Crippen LogP contribution is -2.56. The molecule has 4 fully saturated rings. The fourth-order valence-corrected chi connectivity index (χ4v) is 7.70. The molecule has 3 saturated carbocycles. The van der Waals surface area contributed by atoms with Gasteiger partial charge in [0.15, 0.2) is 5.78 Å². The molecule has 3 nitrogen and oxygen atoms in total. The monoisotopic (exact) mass is 354 g/mol. The van der Waals surface area contributed by atoms with Crippen molar-refractivity contribution < 1.29 is 14.3 Å². The lowest BCUT2D eigenvalue weighted by molar-refractivity contribution is -0.180. The molecular formula is C23H30O3. The highest BCUT2D eigenvalue weighted by Gasteiger charge is 2.66. The molecule has 0 radical (unpaired) electrons. The van der Waals surface area contributed by atoms with Crippen LogP contribution in [0.15, 0.2) is 23.8 Å². The van der Waals surface area contributed by atoms with Crippen LogP contribution in [0.5, 0.6) is 0 Å². The van der Waals surface area contributed by atoms with E-state index in [0.717, 1.165) is 56.8 Å². The van der Waals surface area contributed by atoms with E-state index in [2.05, 4.69) is 13.5 Å². The Morgan fingerprint density at radius 3 is 2.69 bits per heavy atom. The zero-order chi connectivity index (χ0) is 18.1. The fourth-order valence-electron chi connectivity index (χ4n) is 7.70. The van der Waals surface area contributed by atoms with Gasteiger partial charge in [0.05, 0.1) is 0 Å². The summed E-state index contributed by atoms with van der Waals surface area (Å²) >= 11 is 0. The second-order valence-corrected chi connectivity index (χ2v) is 9.70. The summed E-state index contributed by atoms with van der Waals surface area (Å²) in [6.07, 6.45) is 11.8. The van der Waals surface area contributed by atoms with E-state index >= 15 is 0 Å². The van der Waals surface area contributed by atoms with Gasteiger partial charge in [-0.3, -0.25) is 9.59 Å². The number of fused-ring (bicyclic) bond motifs is 6. The molecule has 1 aliphatic heterocycles. The normalized spacial score (nSPS) is 47.7. The number of hydrogen-bond donors (Lipinski definition) is 0. The van der Waals surface area contributed by atoms with Crippen LogP contribution in [-0.4, -0.2) is 17.4 Å². The third kappa shape index (κ3) is 2.06. The third-order valence-electron chi connectivity index (χ3n) is 8.91. The average Bonchev–Trinajstić information content (AvgIpc) is 2.91. The number of ketones is 1. The number of allylic oxidation sites excluding steroid dienone is 1. The standard InChI is InChI=1S/C23H30O3/c1-14-3-8-21(25)26-23(14)12-10-20-19-6-4-15-13-16(24)5-7-17(15)18(19)9-11-22(20,23)2/h13,17-20H,1,3-12H2,2H3/t17-,18+,19+,20-,22-,23+/m0/s1. The Kier molecular flexibility index (Phi) is 3.59. The molecule has 1 spiro atoms. The van der Waals surface area contributed by atoms with Crippen LogP contribution in [0.25, 0.3) is 0 Å². The number of esters is 1. The molecule has 1 saturated heterocycles. The number of carbonyl (C=O) groups is 2. The van der Waals surface area contributed by atoms with E-state index in [9.17, 15) is 9.59 Å². The molecule has 1 heterocycles. The highest BCUT2D eigenvalue weighted by atomic mass is 16.6. The van der Waals surface area contributed by atoms with Crippen molar-refractivity contribution in [2.75, 3.05) is 0 Å². The number of rotatable bonds is 0. The maximum atomic E-state index is 12.2. The van der Waals surface area contributed by atoms with Gasteiger partial charge in [-0.2, -0.15) is 0 Å². The summed E-state index contributed by atoms with van der Waals surface area (Å²) in [5.41, 5.74) is 2.25. The Bertz CT molecular complexity index is 719. The minimum atomic E-state index is -0.406. The van der Waals surface area contributed by atoms with Gasteiger partial charge in [0, 0.05) is 18.3 Å². The maximum Gasteiger partial charge on any atom is 0.307 e. The second-order valence-electron chi connectivity index (χ2n) is 9.70. The molecule has 0 aromatic heterocycles. The van der Waals surface area contributed by atoms with Crippen LogP contribution in [0.3, 0.4) is 0 Å². The van der Waals surface area contributed by atoms with Gasteiger partial charge in [0.1, 0.15) is 5.60 Å². The van der Waals surface area contributed by atoms with Crippen LogP contribution in [0.1, 0.15) is 71.1 Å². The summed E-state index contributed by atoms with van der Waals surface area (Å²) in [5.74, 6) is 3.01. The van der Waals surface area contributed by atoms with Gasteiger partial charge in [0.25, 0.3) is 0 Å². The van der Waals surface area contributed by atoms with E-state index in [1.54, 1.807) is 0 Å². The van der Waals surface area contributed by atoms with Gasteiger partial charge >= 0.3 is 5.97 Å². The van der Waals surface area contributed by atoms with Crippen molar-refractivity contribution in [3.63, 3.8) is 0 Å². The molecule has 0 aromatic rings. The maximum absolute atomic E-state index is 12.2. The molecule has 3 heteroatoms. The van der Waals surface area contributed by atoms with Gasteiger partial charge in [-0.1, -0.05) is 19.1 Å². The zero-order valence-corrected chi connectivity index (χ0v) is 15.9. The van der Waals surface area contributed by atoms with Crippen LogP contribution in [0, 0.1) is 29.1 Å². The first-order chi connectivity index (χ1) is 12.4. The van der Waals surface area contributed by atoms with E-state index in [1.807, 2.05) is 6.08 Å². The molecule has 4 aliphatic carbocycles. The van der Waals surface area contributed by atoms with Crippen molar-refractivity contribution in [1.29, 1.82) is 0 Å². The topological polar surface area (TPSA) is 43.4 Å². The van der Waals surface area contributed by atoms with Gasteiger partial charge in [-0.25, -0.2) is 0 Å². The Hall–Kier alpha value is -1.38. The molecule has 6 atom stereocenters. The zero-order valence-electron chi connectivity index (χ0n) is 15.9. The third-order valence-corrected chi connectivity index (χ3v) is 8.91. The van der Waals surface area contributed by atoms with E-state index in [1.165, 1.54) is 24.0 Å². The first-order valence-corrected chi connectivity index (χ1v) is 10.6. The van der Waals surface area contributed by atoms with Crippen molar-refractivity contribution in [3.8, 4) is 0 Å². The first-order valence-electron chi connectivity index (χ1n) is 10.6. The Morgan fingerprint density at radius 2 is 1.85 bits per heavy atom. The Labute approximate surface area is 156 Å². The minimum absolute atomic E-state index is 0.0268. The molecule has 5 rings (SSSR count). The second kappa shape index (κ2) is 5.56. The summed E-state index contributed by atoms with van der Waals surface area (Å²) in [6.45, 7) is 6.76. The predicted octanol–water partition coefficient (Wildman–Crippen LogP) is 4.76. The SMILES string of the molecule is C=C1CCC(=O)O[C@]12CC[C@H]1[C@@H]3CCC4=CC(=O)CC[C@@H]4[C@H]3CC[C@@]12C. The average molecular weight is 354 g/mol. The Morgan fingerprint density at radius 1 is 1.00 bits per heavy atom. The minimum Gasteiger partial charge on any atom is -0.454 e. The summed E-state index contributed by atoms with van der Waals surface area (Å²) in [4.78, 5) is 24.0. The molecule has 140 valence electrons. The lowest BCUT2D eigenvalue weighted by atomic mass is 9.50. The van der Waals surface area contributed by atoms with E-state index < -0.39 is 5.60 Å². The fraction of sp³-hybridized carbons (Fsp3) is 0.739. The molecule has 26 heavy (non-hydrogen) atoms. The van der Waals surface area contributed by atoms with Gasteiger partial charge in [0.2, 0.25) is 0 Å². The van der Waals surface area contributed by atoms with Crippen LogP contribution < -0.4 is 0 Å². The number of hydrogen-bond acceptors (Lipinski definition) is 3. The van der Waals surface area contributed by atoms with Crippen LogP contribution >= 0.6 is 0 Å². The molecule has 0 N–H and O–H groups in total. The van der Waals surface area contributed by atoms with Gasteiger partial charge in [-0.15, -0.1) is 0 Å². The summed E-state index contributed by atoms with van der Waals surface area (Å²) in [5, 5.41) is 0. The van der Waals surface area contributed by atoms with Crippen molar-refractivity contribution >= 4 is 11.8 Å². The summed E-state index contributed by atoms with van der Waals surface area (Å²) in [7, 11) is 0. The van der Waals surface area contributed by atoms with Crippen LogP contribution in [-0.2, 0) is 14.3 Å². The summed E-state index contributed by atoms with van der Waals surface area (Å²) in [6, 6.07) is 0. The van der Waals surface area contributed by atoms with E-state index in [4.69, 9.17) is 4.74 Å². The van der Waals surface area contributed by atoms with E-state index in [-0.39, 0.29) is 11.4 Å². The molecular weight excluding hydrogens is 324 g/mol. The predicted molar refractivity (Wildman–Crippen MR) is 99.3 cm³/mol. The van der Waals surface area contributed by atoms with Gasteiger partial charge < -0.3 is 4.74 Å². The smallest absolute Gasteiger partial charge is 0.307 e. The molecule has 0 unspecified atom stereocenters. The van der Waals surface area contributed by atoms with E-state index in [0.29, 0.717) is 24.0 Å².